The number of rotatable bonds is 6. The van der Waals surface area contributed by atoms with Gasteiger partial charge in [0.1, 0.15) is 17.4 Å². The molecule has 0 unspecified atom stereocenters. The molecule has 19 heavy (non-hydrogen) atoms. The van der Waals surface area contributed by atoms with Gasteiger partial charge in [-0.3, -0.25) is 4.79 Å². The zero-order chi connectivity index (χ0) is 13.7. The van der Waals surface area contributed by atoms with Gasteiger partial charge in [-0.15, -0.1) is 11.3 Å². The van der Waals surface area contributed by atoms with Crippen LogP contribution in [0.2, 0.25) is 0 Å². The number of carbonyl (C=O) groups is 1. The summed E-state index contributed by atoms with van der Waals surface area (Å²) in [4.78, 5) is 14.8. The minimum absolute atomic E-state index is 0.0399. The van der Waals surface area contributed by atoms with Crippen molar-refractivity contribution in [1.29, 1.82) is 0 Å². The number of benzene rings is 1. The van der Waals surface area contributed by atoms with Gasteiger partial charge in [-0.05, 0) is 24.1 Å². The molecule has 0 spiro atoms. The van der Waals surface area contributed by atoms with Crippen LogP contribution in [0.3, 0.4) is 0 Å². The maximum absolute atomic E-state index is 10.6. The van der Waals surface area contributed by atoms with Crippen molar-refractivity contribution in [3.8, 4) is 5.75 Å². The Kier molecular flexibility index (Phi) is 4.52. The predicted octanol–water partition coefficient (Wildman–Crippen LogP) is 2.91. The van der Waals surface area contributed by atoms with E-state index in [9.17, 15) is 4.79 Å². The summed E-state index contributed by atoms with van der Waals surface area (Å²) in [6.45, 7) is 2.47. The van der Waals surface area contributed by atoms with Crippen molar-refractivity contribution in [3.63, 3.8) is 0 Å². The molecule has 1 aromatic carbocycles. The highest BCUT2D eigenvalue weighted by atomic mass is 32.1. The maximum atomic E-state index is 10.6. The van der Waals surface area contributed by atoms with Crippen molar-refractivity contribution in [2.24, 2.45) is 0 Å². The second-order valence-electron chi connectivity index (χ2n) is 4.09. The number of hydrogen-bond donors (Lipinski definition) is 1. The number of nitrogens with zero attached hydrogens (tertiary/aromatic N) is 1. The highest BCUT2D eigenvalue weighted by Gasteiger charge is 2.06. The molecule has 0 radical (unpaired) electrons. The van der Waals surface area contributed by atoms with Crippen molar-refractivity contribution < 1.29 is 14.6 Å². The van der Waals surface area contributed by atoms with Gasteiger partial charge in [-0.25, -0.2) is 4.98 Å². The summed E-state index contributed by atoms with van der Waals surface area (Å²) < 4.78 is 5.65. The monoisotopic (exact) mass is 277 g/mol. The Hall–Kier alpha value is -1.88. The third-order valence-corrected chi connectivity index (χ3v) is 3.47. The number of aryl methyl sites for hydroxylation is 1. The summed E-state index contributed by atoms with van der Waals surface area (Å²) in [5, 5.41) is 11.2. The van der Waals surface area contributed by atoms with Crippen molar-refractivity contribution in [2.45, 2.75) is 26.4 Å². The smallest absolute Gasteiger partial charge is 0.309 e. The van der Waals surface area contributed by atoms with Gasteiger partial charge in [-0.2, -0.15) is 0 Å². The molecule has 4 nitrogen and oxygen atoms in total. The lowest BCUT2D eigenvalue weighted by atomic mass is 10.2. The Morgan fingerprint density at radius 1 is 1.47 bits per heavy atom. The summed E-state index contributed by atoms with van der Waals surface area (Å²) in [7, 11) is 0. The lowest BCUT2D eigenvalue weighted by Gasteiger charge is -2.05. The fraction of sp³-hybridized carbons (Fsp3) is 0.286. The molecule has 1 aromatic heterocycles. The van der Waals surface area contributed by atoms with Crippen LogP contribution in [0, 0.1) is 0 Å². The molecule has 0 saturated carbocycles. The number of thiazole rings is 1. The van der Waals surface area contributed by atoms with Gasteiger partial charge in [0, 0.05) is 5.38 Å². The van der Waals surface area contributed by atoms with Gasteiger partial charge in [0.2, 0.25) is 0 Å². The second kappa shape index (κ2) is 6.33. The normalized spacial score (nSPS) is 10.4. The van der Waals surface area contributed by atoms with Crippen LogP contribution in [0.25, 0.3) is 0 Å². The topological polar surface area (TPSA) is 59.4 Å². The summed E-state index contributed by atoms with van der Waals surface area (Å²) in [6, 6.07) is 7.93. The molecule has 1 heterocycles. The first-order chi connectivity index (χ1) is 9.17. The van der Waals surface area contributed by atoms with Crippen LogP contribution in [-0.2, 0) is 24.2 Å². The van der Waals surface area contributed by atoms with Crippen LogP contribution < -0.4 is 4.74 Å². The van der Waals surface area contributed by atoms with E-state index >= 15 is 0 Å². The van der Waals surface area contributed by atoms with E-state index in [0.717, 1.165) is 17.2 Å². The largest absolute Gasteiger partial charge is 0.486 e. The van der Waals surface area contributed by atoms with E-state index in [1.165, 1.54) is 16.9 Å². The van der Waals surface area contributed by atoms with E-state index in [1.807, 2.05) is 18.2 Å². The second-order valence-corrected chi connectivity index (χ2v) is 5.04. The number of aliphatic carboxylic acids is 1. The van der Waals surface area contributed by atoms with Crippen LogP contribution in [0.5, 0.6) is 5.75 Å². The quantitative estimate of drug-likeness (QED) is 0.882. The molecule has 0 fully saturated rings. The Morgan fingerprint density at radius 3 is 3.05 bits per heavy atom. The molecular weight excluding hydrogens is 262 g/mol. The van der Waals surface area contributed by atoms with Crippen molar-refractivity contribution in [1.82, 2.24) is 4.98 Å². The average Bonchev–Trinajstić information content (AvgIpc) is 2.83. The molecule has 0 aliphatic heterocycles. The zero-order valence-corrected chi connectivity index (χ0v) is 11.4. The van der Waals surface area contributed by atoms with Crippen LogP contribution in [0.15, 0.2) is 29.6 Å². The van der Waals surface area contributed by atoms with Gasteiger partial charge in [0.15, 0.2) is 0 Å². The SMILES string of the molecule is CCc1cccc(OCc2nc(CC(=O)O)cs2)c1. The van der Waals surface area contributed by atoms with Gasteiger partial charge >= 0.3 is 5.97 Å². The van der Waals surface area contributed by atoms with Crippen molar-refractivity contribution >= 4 is 17.3 Å². The Labute approximate surface area is 115 Å². The molecule has 0 amide bonds. The van der Waals surface area contributed by atoms with E-state index in [-0.39, 0.29) is 6.42 Å². The molecule has 0 aliphatic rings. The third kappa shape index (κ3) is 4.06. The first-order valence-electron chi connectivity index (χ1n) is 6.04. The fourth-order valence-corrected chi connectivity index (χ4v) is 2.36. The number of carboxylic acids is 1. The molecule has 2 rings (SSSR count). The molecule has 100 valence electrons. The first-order valence-corrected chi connectivity index (χ1v) is 6.92. The number of ether oxygens (including phenoxy) is 1. The summed E-state index contributed by atoms with van der Waals surface area (Å²) in [5.74, 6) is -0.0530. The van der Waals surface area contributed by atoms with Crippen LogP contribution in [0.4, 0.5) is 0 Å². The highest BCUT2D eigenvalue weighted by molar-refractivity contribution is 7.09. The minimum Gasteiger partial charge on any atom is -0.486 e. The average molecular weight is 277 g/mol. The van der Waals surface area contributed by atoms with Crippen molar-refractivity contribution in [2.75, 3.05) is 0 Å². The van der Waals surface area contributed by atoms with Crippen LogP contribution in [0.1, 0.15) is 23.2 Å². The van der Waals surface area contributed by atoms with Crippen LogP contribution in [-0.4, -0.2) is 16.1 Å². The van der Waals surface area contributed by atoms with Gasteiger partial charge in [0.05, 0.1) is 12.1 Å². The van der Waals surface area contributed by atoms with E-state index in [0.29, 0.717) is 12.3 Å². The molecular formula is C14H15NO3S. The summed E-state index contributed by atoms with van der Waals surface area (Å²) in [5.41, 5.74) is 1.81. The molecule has 0 aliphatic carbocycles. The van der Waals surface area contributed by atoms with E-state index < -0.39 is 5.97 Å². The van der Waals surface area contributed by atoms with Crippen LogP contribution >= 0.6 is 11.3 Å². The van der Waals surface area contributed by atoms with E-state index in [4.69, 9.17) is 9.84 Å². The third-order valence-electron chi connectivity index (χ3n) is 2.60. The van der Waals surface area contributed by atoms with Gasteiger partial charge in [0.25, 0.3) is 0 Å². The Morgan fingerprint density at radius 2 is 2.32 bits per heavy atom. The van der Waals surface area contributed by atoms with Gasteiger partial charge in [-0.1, -0.05) is 19.1 Å². The zero-order valence-electron chi connectivity index (χ0n) is 10.6. The first kappa shape index (κ1) is 13.5. The fourth-order valence-electron chi connectivity index (χ4n) is 1.65. The van der Waals surface area contributed by atoms with Crippen molar-refractivity contribution in [3.05, 3.63) is 45.9 Å². The molecule has 0 bridgehead atoms. The molecule has 1 N–H and O–H groups in total. The molecule has 0 saturated heterocycles. The lowest BCUT2D eigenvalue weighted by molar-refractivity contribution is -0.136. The van der Waals surface area contributed by atoms with E-state index in [1.54, 1.807) is 5.38 Å². The number of aromatic nitrogens is 1. The maximum Gasteiger partial charge on any atom is 0.309 e. The van der Waals surface area contributed by atoms with E-state index in [2.05, 4.69) is 18.0 Å². The minimum atomic E-state index is -0.867. The standard InChI is InChI=1S/C14H15NO3S/c1-2-10-4-3-5-12(6-10)18-8-13-15-11(9-19-13)7-14(16)17/h3-6,9H,2,7-8H2,1H3,(H,16,17). The molecule has 5 heteroatoms. The highest BCUT2D eigenvalue weighted by Crippen LogP contribution is 2.17. The predicted molar refractivity (Wildman–Crippen MR) is 73.6 cm³/mol. The Balaban J connectivity index is 1.94. The lowest BCUT2D eigenvalue weighted by Crippen LogP contribution is -2.01. The molecule has 0 atom stereocenters. The number of carboxylic acid groups (broad SMARTS) is 1. The van der Waals surface area contributed by atoms with Gasteiger partial charge < -0.3 is 9.84 Å². The number of hydrogen-bond acceptors (Lipinski definition) is 4. The summed E-state index contributed by atoms with van der Waals surface area (Å²) >= 11 is 1.42. The molecule has 2 aromatic rings. The summed E-state index contributed by atoms with van der Waals surface area (Å²) in [6.07, 6.45) is 0.930. The Bertz CT molecular complexity index is 565.